The third-order valence-corrected chi connectivity index (χ3v) is 2.80. The van der Waals surface area contributed by atoms with Crippen LogP contribution in [-0.2, 0) is 9.59 Å². The Hall–Kier alpha value is -0.710. The summed E-state index contributed by atoms with van der Waals surface area (Å²) in [5, 5.41) is 11.6. The summed E-state index contributed by atoms with van der Waals surface area (Å²) in [5.41, 5.74) is 0. The highest BCUT2D eigenvalue weighted by molar-refractivity contribution is 7.98. The Labute approximate surface area is 101 Å². The molecule has 0 saturated heterocycles. The van der Waals surface area contributed by atoms with Gasteiger partial charge in [-0.15, -0.1) is 0 Å². The van der Waals surface area contributed by atoms with E-state index in [1.54, 1.807) is 11.8 Å². The number of nitrogens with one attached hydrogen (secondary N) is 1. The fourth-order valence-corrected chi connectivity index (χ4v) is 1.75. The number of carboxylic acids is 1. The number of amides is 1. The molecule has 0 saturated carbocycles. The van der Waals surface area contributed by atoms with Gasteiger partial charge in [-0.2, -0.15) is 11.8 Å². The van der Waals surface area contributed by atoms with Crippen molar-refractivity contribution in [2.75, 3.05) is 18.6 Å². The number of carbonyl (C=O) groups is 2. The second kappa shape index (κ2) is 8.44. The molecule has 0 spiro atoms. The predicted octanol–water partition coefficient (Wildman–Crippen LogP) is 1.60. The molecule has 1 atom stereocenters. The number of hydrogen-bond donors (Lipinski definition) is 2. The van der Waals surface area contributed by atoms with Gasteiger partial charge in [0.25, 0.3) is 0 Å². The van der Waals surface area contributed by atoms with Crippen LogP contribution >= 0.6 is 11.8 Å². The van der Waals surface area contributed by atoms with E-state index in [0.717, 1.165) is 5.75 Å². The molecule has 4 nitrogen and oxygen atoms in total. The normalized spacial score (nSPS) is 12.5. The predicted molar refractivity (Wildman–Crippen MR) is 66.6 cm³/mol. The number of aliphatic carboxylic acids is 1. The molecule has 16 heavy (non-hydrogen) atoms. The minimum Gasteiger partial charge on any atom is -0.481 e. The van der Waals surface area contributed by atoms with Crippen LogP contribution in [0.3, 0.4) is 0 Å². The third-order valence-electron chi connectivity index (χ3n) is 2.18. The van der Waals surface area contributed by atoms with Crippen molar-refractivity contribution in [3.63, 3.8) is 0 Å². The maximum absolute atomic E-state index is 11.3. The minimum absolute atomic E-state index is 0.0654. The quantitative estimate of drug-likeness (QED) is 0.684. The molecule has 0 aliphatic rings. The smallest absolute Gasteiger partial charge is 0.308 e. The van der Waals surface area contributed by atoms with Crippen LogP contribution in [0.1, 0.15) is 26.7 Å². The fraction of sp³-hybridized carbons (Fsp3) is 0.818. The first-order valence-electron chi connectivity index (χ1n) is 5.45. The van der Waals surface area contributed by atoms with Crippen LogP contribution < -0.4 is 5.32 Å². The van der Waals surface area contributed by atoms with Crippen LogP contribution in [0, 0.1) is 11.8 Å². The van der Waals surface area contributed by atoms with Gasteiger partial charge in [-0.1, -0.05) is 13.8 Å². The Bertz CT molecular complexity index is 231. The molecule has 0 aliphatic heterocycles. The summed E-state index contributed by atoms with van der Waals surface area (Å²) in [4.78, 5) is 22.2. The van der Waals surface area contributed by atoms with Gasteiger partial charge < -0.3 is 10.4 Å². The van der Waals surface area contributed by atoms with E-state index in [9.17, 15) is 9.59 Å². The van der Waals surface area contributed by atoms with Gasteiger partial charge in [-0.3, -0.25) is 9.59 Å². The summed E-state index contributed by atoms with van der Waals surface area (Å²) in [6, 6.07) is 0. The van der Waals surface area contributed by atoms with Crippen LogP contribution in [0.2, 0.25) is 0 Å². The van der Waals surface area contributed by atoms with Crippen molar-refractivity contribution in [2.24, 2.45) is 11.8 Å². The van der Waals surface area contributed by atoms with Gasteiger partial charge >= 0.3 is 5.97 Å². The summed E-state index contributed by atoms with van der Waals surface area (Å²) in [5.74, 6) is -0.279. The highest BCUT2D eigenvalue weighted by Crippen LogP contribution is 2.11. The van der Waals surface area contributed by atoms with Crippen LogP contribution in [0.4, 0.5) is 0 Å². The second-order valence-electron chi connectivity index (χ2n) is 4.21. The molecule has 2 N–H and O–H groups in total. The Morgan fingerprint density at radius 3 is 2.44 bits per heavy atom. The van der Waals surface area contributed by atoms with E-state index in [4.69, 9.17) is 5.11 Å². The van der Waals surface area contributed by atoms with Gasteiger partial charge in [0, 0.05) is 18.7 Å². The lowest BCUT2D eigenvalue weighted by Gasteiger charge is -2.15. The summed E-state index contributed by atoms with van der Waals surface area (Å²) < 4.78 is 0. The second-order valence-corrected chi connectivity index (χ2v) is 5.20. The van der Waals surface area contributed by atoms with Gasteiger partial charge in [0.15, 0.2) is 0 Å². The molecule has 0 radical (unpaired) electrons. The van der Waals surface area contributed by atoms with Crippen molar-refractivity contribution in [3.05, 3.63) is 0 Å². The first-order valence-corrected chi connectivity index (χ1v) is 6.85. The van der Waals surface area contributed by atoms with Crippen molar-refractivity contribution in [2.45, 2.75) is 26.7 Å². The summed E-state index contributed by atoms with van der Waals surface area (Å²) >= 11 is 1.60. The molecular formula is C11H21NO3S. The maximum Gasteiger partial charge on any atom is 0.308 e. The summed E-state index contributed by atoms with van der Waals surface area (Å²) in [7, 11) is 0. The monoisotopic (exact) mass is 247 g/mol. The van der Waals surface area contributed by atoms with E-state index >= 15 is 0 Å². The van der Waals surface area contributed by atoms with Crippen LogP contribution in [0.15, 0.2) is 0 Å². The van der Waals surface area contributed by atoms with E-state index in [2.05, 4.69) is 5.32 Å². The molecule has 0 aromatic heterocycles. The fourth-order valence-electron chi connectivity index (χ4n) is 1.36. The molecule has 0 fully saturated rings. The molecule has 1 unspecified atom stereocenters. The SMILES string of the molecule is CSCCC(=O)NCC(CC(C)C)C(=O)O. The molecule has 94 valence electrons. The molecule has 0 rings (SSSR count). The molecule has 0 aromatic carbocycles. The number of hydrogen-bond acceptors (Lipinski definition) is 3. The first kappa shape index (κ1) is 15.3. The van der Waals surface area contributed by atoms with Crippen molar-refractivity contribution in [1.82, 2.24) is 5.32 Å². The zero-order chi connectivity index (χ0) is 12.6. The maximum atomic E-state index is 11.3. The lowest BCUT2D eigenvalue weighted by atomic mass is 9.97. The van der Waals surface area contributed by atoms with Crippen LogP contribution in [-0.4, -0.2) is 35.5 Å². The number of carbonyl (C=O) groups excluding carboxylic acids is 1. The largest absolute Gasteiger partial charge is 0.481 e. The highest BCUT2D eigenvalue weighted by Gasteiger charge is 2.19. The molecule has 0 heterocycles. The van der Waals surface area contributed by atoms with E-state index in [1.165, 1.54) is 0 Å². The van der Waals surface area contributed by atoms with Crippen LogP contribution in [0.25, 0.3) is 0 Å². The Morgan fingerprint density at radius 2 is 2.00 bits per heavy atom. The third kappa shape index (κ3) is 7.56. The summed E-state index contributed by atoms with van der Waals surface area (Å²) in [6.45, 7) is 4.19. The lowest BCUT2D eigenvalue weighted by molar-refractivity contribution is -0.142. The standard InChI is InChI=1S/C11H21NO3S/c1-8(2)6-9(11(14)15)7-12-10(13)4-5-16-3/h8-9H,4-7H2,1-3H3,(H,12,13)(H,14,15). The van der Waals surface area contributed by atoms with E-state index in [1.807, 2.05) is 20.1 Å². The van der Waals surface area contributed by atoms with Gasteiger partial charge in [-0.25, -0.2) is 0 Å². The van der Waals surface area contributed by atoms with Gasteiger partial charge in [0.05, 0.1) is 5.92 Å². The highest BCUT2D eigenvalue weighted by atomic mass is 32.2. The number of carboxylic acid groups (broad SMARTS) is 1. The zero-order valence-electron chi connectivity index (χ0n) is 10.2. The van der Waals surface area contributed by atoms with Crippen molar-refractivity contribution < 1.29 is 14.7 Å². The van der Waals surface area contributed by atoms with E-state index in [0.29, 0.717) is 18.8 Å². The summed E-state index contributed by atoms with van der Waals surface area (Å²) in [6.07, 6.45) is 2.99. The Balaban J connectivity index is 3.92. The molecular weight excluding hydrogens is 226 g/mol. The molecule has 0 aliphatic carbocycles. The van der Waals surface area contributed by atoms with Gasteiger partial charge in [0.1, 0.15) is 0 Å². The van der Waals surface area contributed by atoms with Crippen molar-refractivity contribution in [3.8, 4) is 0 Å². The van der Waals surface area contributed by atoms with Gasteiger partial charge in [0.2, 0.25) is 5.91 Å². The molecule has 5 heteroatoms. The number of rotatable bonds is 8. The van der Waals surface area contributed by atoms with Crippen molar-refractivity contribution >= 4 is 23.6 Å². The average molecular weight is 247 g/mol. The Kier molecular flexibility index (Phi) is 8.07. The van der Waals surface area contributed by atoms with Crippen LogP contribution in [0.5, 0.6) is 0 Å². The van der Waals surface area contributed by atoms with Gasteiger partial charge in [-0.05, 0) is 18.6 Å². The average Bonchev–Trinajstić information content (AvgIpc) is 2.20. The van der Waals surface area contributed by atoms with Crippen molar-refractivity contribution in [1.29, 1.82) is 0 Å². The Morgan fingerprint density at radius 1 is 1.38 bits per heavy atom. The first-order chi connectivity index (χ1) is 7.47. The van der Waals surface area contributed by atoms with E-state index < -0.39 is 11.9 Å². The van der Waals surface area contributed by atoms with E-state index in [-0.39, 0.29) is 12.5 Å². The zero-order valence-corrected chi connectivity index (χ0v) is 11.0. The molecule has 0 aromatic rings. The lowest BCUT2D eigenvalue weighted by Crippen LogP contribution is -2.33. The number of thioether (sulfide) groups is 1. The minimum atomic E-state index is -0.834. The topological polar surface area (TPSA) is 66.4 Å². The molecule has 0 bridgehead atoms. The molecule has 1 amide bonds.